The molecule has 0 radical (unpaired) electrons. The summed E-state index contributed by atoms with van der Waals surface area (Å²) < 4.78 is 0. The van der Waals surface area contributed by atoms with E-state index in [-0.39, 0.29) is 0 Å². The predicted molar refractivity (Wildman–Crippen MR) is 104 cm³/mol. The predicted octanol–water partition coefficient (Wildman–Crippen LogP) is 4.35. The Hall–Kier alpha value is -3.60. The second-order valence-corrected chi connectivity index (χ2v) is 6.06. The molecular weight excluding hydrogens is 328 g/mol. The smallest absolute Gasteiger partial charge is 0.323 e. The SMILES string of the molecule is O=C(O)CNC(=O)Nc1c2ccccc2cc2c1ccc1ccccc12. The van der Waals surface area contributed by atoms with E-state index in [2.05, 4.69) is 28.8 Å². The van der Waals surface area contributed by atoms with E-state index in [4.69, 9.17) is 5.11 Å². The lowest BCUT2D eigenvalue weighted by Gasteiger charge is -2.14. The van der Waals surface area contributed by atoms with E-state index in [9.17, 15) is 9.59 Å². The summed E-state index contributed by atoms with van der Waals surface area (Å²) in [5.74, 6) is -1.09. The molecule has 0 saturated carbocycles. The summed E-state index contributed by atoms with van der Waals surface area (Å²) in [6, 6.07) is 21.5. The van der Waals surface area contributed by atoms with Crippen LogP contribution >= 0.6 is 0 Å². The maximum absolute atomic E-state index is 12.2. The molecule has 0 atom stereocenters. The minimum absolute atomic E-state index is 0.433. The highest BCUT2D eigenvalue weighted by molar-refractivity contribution is 6.21. The van der Waals surface area contributed by atoms with Crippen molar-refractivity contribution in [2.75, 3.05) is 11.9 Å². The van der Waals surface area contributed by atoms with Gasteiger partial charge in [0.25, 0.3) is 0 Å². The van der Waals surface area contributed by atoms with Gasteiger partial charge >= 0.3 is 12.0 Å². The summed E-state index contributed by atoms with van der Waals surface area (Å²) in [4.78, 5) is 22.9. The Kier molecular flexibility index (Phi) is 3.89. The van der Waals surface area contributed by atoms with Crippen LogP contribution in [-0.2, 0) is 4.79 Å². The molecule has 0 aliphatic carbocycles. The first-order valence-electron chi connectivity index (χ1n) is 8.23. The number of rotatable bonds is 3. The van der Waals surface area contributed by atoms with E-state index >= 15 is 0 Å². The molecule has 0 bridgehead atoms. The number of fused-ring (bicyclic) bond motifs is 4. The van der Waals surface area contributed by atoms with E-state index in [1.165, 1.54) is 0 Å². The molecule has 2 amide bonds. The lowest BCUT2D eigenvalue weighted by atomic mass is 9.96. The highest BCUT2D eigenvalue weighted by atomic mass is 16.4. The zero-order valence-electron chi connectivity index (χ0n) is 13.8. The van der Waals surface area contributed by atoms with Crippen molar-refractivity contribution >= 4 is 50.0 Å². The summed E-state index contributed by atoms with van der Waals surface area (Å²) in [5.41, 5.74) is 0.673. The molecule has 26 heavy (non-hydrogen) atoms. The minimum atomic E-state index is -1.09. The Balaban J connectivity index is 1.94. The first kappa shape index (κ1) is 15.9. The van der Waals surface area contributed by atoms with Crippen LogP contribution < -0.4 is 10.6 Å². The highest BCUT2D eigenvalue weighted by Crippen LogP contribution is 2.36. The van der Waals surface area contributed by atoms with Gasteiger partial charge in [-0.05, 0) is 27.6 Å². The van der Waals surface area contributed by atoms with Crippen LogP contribution in [0.15, 0.2) is 66.7 Å². The topological polar surface area (TPSA) is 78.4 Å². The fourth-order valence-corrected chi connectivity index (χ4v) is 3.27. The second kappa shape index (κ2) is 6.37. The molecule has 0 spiro atoms. The highest BCUT2D eigenvalue weighted by Gasteiger charge is 2.13. The van der Waals surface area contributed by atoms with Crippen LogP contribution in [0.25, 0.3) is 32.3 Å². The number of amides is 2. The Labute approximate surface area is 149 Å². The lowest BCUT2D eigenvalue weighted by Crippen LogP contribution is -2.33. The van der Waals surface area contributed by atoms with Crippen molar-refractivity contribution in [1.82, 2.24) is 5.32 Å². The van der Waals surface area contributed by atoms with Gasteiger partial charge in [-0.15, -0.1) is 0 Å². The average Bonchev–Trinajstić information content (AvgIpc) is 2.66. The number of hydrogen-bond acceptors (Lipinski definition) is 2. The van der Waals surface area contributed by atoms with Crippen molar-refractivity contribution in [2.45, 2.75) is 0 Å². The van der Waals surface area contributed by atoms with Gasteiger partial charge in [-0.25, -0.2) is 4.79 Å². The third-order valence-corrected chi connectivity index (χ3v) is 4.41. The Morgan fingerprint density at radius 2 is 1.46 bits per heavy atom. The van der Waals surface area contributed by atoms with Crippen molar-refractivity contribution < 1.29 is 14.7 Å². The Bertz CT molecular complexity index is 1170. The van der Waals surface area contributed by atoms with Gasteiger partial charge in [0.2, 0.25) is 0 Å². The van der Waals surface area contributed by atoms with Gasteiger partial charge in [-0.3, -0.25) is 4.79 Å². The zero-order chi connectivity index (χ0) is 18.1. The molecule has 0 heterocycles. The summed E-state index contributed by atoms with van der Waals surface area (Å²) in [7, 11) is 0. The van der Waals surface area contributed by atoms with Gasteiger partial charge in [0.15, 0.2) is 0 Å². The minimum Gasteiger partial charge on any atom is -0.480 e. The number of aliphatic carboxylic acids is 1. The number of urea groups is 1. The van der Waals surface area contributed by atoms with Gasteiger partial charge in [-0.1, -0.05) is 60.7 Å². The average molecular weight is 344 g/mol. The molecule has 128 valence electrons. The molecule has 5 nitrogen and oxygen atoms in total. The molecule has 4 rings (SSSR count). The lowest BCUT2D eigenvalue weighted by molar-refractivity contribution is -0.135. The van der Waals surface area contributed by atoms with Crippen LogP contribution in [0.1, 0.15) is 0 Å². The quantitative estimate of drug-likeness (QED) is 0.382. The molecule has 3 N–H and O–H groups in total. The summed E-state index contributed by atoms with van der Waals surface area (Å²) in [5, 5.41) is 20.0. The van der Waals surface area contributed by atoms with E-state index < -0.39 is 18.5 Å². The van der Waals surface area contributed by atoms with Gasteiger partial charge in [0.1, 0.15) is 6.54 Å². The Morgan fingerprint density at radius 3 is 2.23 bits per heavy atom. The van der Waals surface area contributed by atoms with Crippen molar-refractivity contribution in [2.24, 2.45) is 0 Å². The van der Waals surface area contributed by atoms with E-state index in [0.717, 1.165) is 32.3 Å². The van der Waals surface area contributed by atoms with E-state index in [0.29, 0.717) is 5.69 Å². The van der Waals surface area contributed by atoms with Crippen LogP contribution in [-0.4, -0.2) is 23.7 Å². The Morgan fingerprint density at radius 1 is 0.769 bits per heavy atom. The molecule has 0 unspecified atom stereocenters. The van der Waals surface area contributed by atoms with Crippen LogP contribution in [0.5, 0.6) is 0 Å². The number of carboxylic acids is 1. The molecule has 4 aromatic rings. The maximum Gasteiger partial charge on any atom is 0.323 e. The van der Waals surface area contributed by atoms with Crippen molar-refractivity contribution in [3.63, 3.8) is 0 Å². The van der Waals surface area contributed by atoms with Gasteiger partial charge in [0.05, 0.1) is 5.69 Å². The van der Waals surface area contributed by atoms with Crippen molar-refractivity contribution in [3.8, 4) is 0 Å². The summed E-state index contributed by atoms with van der Waals surface area (Å²) >= 11 is 0. The number of nitrogens with one attached hydrogen (secondary N) is 2. The number of carbonyl (C=O) groups excluding carboxylic acids is 1. The van der Waals surface area contributed by atoms with Crippen LogP contribution in [0.3, 0.4) is 0 Å². The molecule has 0 fully saturated rings. The third-order valence-electron chi connectivity index (χ3n) is 4.41. The summed E-state index contributed by atoms with van der Waals surface area (Å²) in [6.45, 7) is -0.433. The largest absolute Gasteiger partial charge is 0.480 e. The maximum atomic E-state index is 12.2. The van der Waals surface area contributed by atoms with E-state index in [1.807, 2.05) is 48.5 Å². The van der Waals surface area contributed by atoms with E-state index in [1.54, 1.807) is 0 Å². The molecular formula is C21H16N2O3. The fraction of sp³-hybridized carbons (Fsp3) is 0.0476. The number of carbonyl (C=O) groups is 2. The van der Waals surface area contributed by atoms with Crippen molar-refractivity contribution in [1.29, 1.82) is 0 Å². The molecule has 0 aliphatic rings. The van der Waals surface area contributed by atoms with Crippen LogP contribution in [0, 0.1) is 0 Å². The number of anilines is 1. The monoisotopic (exact) mass is 344 g/mol. The third kappa shape index (κ3) is 2.80. The normalized spacial score (nSPS) is 10.9. The zero-order valence-corrected chi connectivity index (χ0v) is 13.8. The summed E-state index contributed by atoms with van der Waals surface area (Å²) in [6.07, 6.45) is 0. The van der Waals surface area contributed by atoms with Crippen LogP contribution in [0.4, 0.5) is 10.5 Å². The van der Waals surface area contributed by atoms with Crippen molar-refractivity contribution in [3.05, 3.63) is 66.7 Å². The molecule has 4 aromatic carbocycles. The number of benzene rings is 4. The molecule has 0 aliphatic heterocycles. The van der Waals surface area contributed by atoms with Crippen LogP contribution in [0.2, 0.25) is 0 Å². The van der Waals surface area contributed by atoms with Gasteiger partial charge in [-0.2, -0.15) is 0 Å². The van der Waals surface area contributed by atoms with Gasteiger partial charge in [0, 0.05) is 10.8 Å². The fourth-order valence-electron chi connectivity index (χ4n) is 3.27. The number of hydrogen-bond donors (Lipinski definition) is 3. The van der Waals surface area contributed by atoms with Gasteiger partial charge < -0.3 is 15.7 Å². The second-order valence-electron chi connectivity index (χ2n) is 6.06. The molecule has 5 heteroatoms. The number of carboxylic acid groups (broad SMARTS) is 1. The first-order chi connectivity index (χ1) is 12.6. The first-order valence-corrected chi connectivity index (χ1v) is 8.23. The standard InChI is InChI=1S/C21H16N2O3/c24-19(25)12-22-21(26)23-20-16-8-4-2-6-14(16)11-18-15-7-3-1-5-13(15)9-10-17(18)20/h1-11H,12H2,(H,24,25)(H2,22,23,26). The molecule has 0 saturated heterocycles. The molecule has 0 aromatic heterocycles.